The van der Waals surface area contributed by atoms with E-state index in [1.807, 2.05) is 30.3 Å². The fourth-order valence-electron chi connectivity index (χ4n) is 2.69. The number of benzene rings is 2. The van der Waals surface area contributed by atoms with E-state index in [1.165, 1.54) is 5.56 Å². The molecular weight excluding hydrogens is 294 g/mol. The van der Waals surface area contributed by atoms with Crippen molar-refractivity contribution in [2.24, 2.45) is 0 Å². The van der Waals surface area contributed by atoms with E-state index in [2.05, 4.69) is 37.9 Å². The molecule has 1 heterocycles. The first-order valence-electron chi connectivity index (χ1n) is 7.28. The van der Waals surface area contributed by atoms with Gasteiger partial charge in [0.15, 0.2) is 6.29 Å². The summed E-state index contributed by atoms with van der Waals surface area (Å²) >= 11 is 6.22. The molecule has 0 spiro atoms. The van der Waals surface area contributed by atoms with E-state index < -0.39 is 0 Å². The van der Waals surface area contributed by atoms with Crippen molar-refractivity contribution >= 4 is 28.8 Å². The van der Waals surface area contributed by atoms with Gasteiger partial charge >= 0.3 is 0 Å². The molecule has 2 nitrogen and oxygen atoms in total. The van der Waals surface area contributed by atoms with E-state index in [4.69, 9.17) is 11.6 Å². The summed E-state index contributed by atoms with van der Waals surface area (Å²) in [5.41, 5.74) is 4.64. The second-order valence-electron chi connectivity index (χ2n) is 6.52. The van der Waals surface area contributed by atoms with Crippen LogP contribution < -0.4 is 0 Å². The number of carbonyl (C=O) groups is 1. The molecule has 3 rings (SSSR count). The minimum Gasteiger partial charge on any atom is -0.353 e. The Morgan fingerprint density at radius 3 is 2.32 bits per heavy atom. The normalized spacial score (nSPS) is 11.8. The lowest BCUT2D eigenvalue weighted by Gasteiger charge is -2.19. The molecule has 3 heteroatoms. The van der Waals surface area contributed by atoms with Gasteiger partial charge in [-0.25, -0.2) is 0 Å². The van der Waals surface area contributed by atoms with Crippen molar-refractivity contribution < 1.29 is 4.79 Å². The predicted molar refractivity (Wildman–Crippen MR) is 92.8 cm³/mol. The molecule has 0 radical (unpaired) electrons. The number of hydrogen-bond acceptors (Lipinski definition) is 1. The second kappa shape index (κ2) is 5.29. The molecule has 0 saturated heterocycles. The van der Waals surface area contributed by atoms with Gasteiger partial charge in [0.25, 0.3) is 0 Å². The van der Waals surface area contributed by atoms with Gasteiger partial charge in [-0.1, -0.05) is 68.8 Å². The fraction of sp³-hybridized carbons (Fsp3) is 0.211. The highest BCUT2D eigenvalue weighted by Gasteiger charge is 2.16. The quantitative estimate of drug-likeness (QED) is 0.614. The number of aldehydes is 1. The SMILES string of the molecule is CC(C)(C)c1ccc(-c2[nH]c3c(Cl)cccc3c2C=O)cc1. The number of carbonyl (C=O) groups excluding carboxylic acids is 1. The highest BCUT2D eigenvalue weighted by Crippen LogP contribution is 2.33. The molecule has 112 valence electrons. The zero-order valence-electron chi connectivity index (χ0n) is 12.9. The molecule has 3 aromatic rings. The molecule has 0 aliphatic rings. The maximum atomic E-state index is 11.6. The van der Waals surface area contributed by atoms with E-state index >= 15 is 0 Å². The van der Waals surface area contributed by atoms with Crippen molar-refractivity contribution in [3.8, 4) is 11.3 Å². The van der Waals surface area contributed by atoms with Gasteiger partial charge in [0.05, 0.1) is 16.2 Å². The van der Waals surface area contributed by atoms with Crippen LogP contribution in [0.25, 0.3) is 22.2 Å². The van der Waals surface area contributed by atoms with Gasteiger partial charge in [-0.05, 0) is 22.6 Å². The van der Waals surface area contributed by atoms with E-state index in [9.17, 15) is 4.79 Å². The molecule has 1 aromatic heterocycles. The van der Waals surface area contributed by atoms with Crippen LogP contribution >= 0.6 is 11.6 Å². The second-order valence-corrected chi connectivity index (χ2v) is 6.93. The first-order valence-corrected chi connectivity index (χ1v) is 7.66. The average Bonchev–Trinajstić information content (AvgIpc) is 2.86. The lowest BCUT2D eigenvalue weighted by molar-refractivity contribution is 0.112. The smallest absolute Gasteiger partial charge is 0.152 e. The zero-order chi connectivity index (χ0) is 15.9. The van der Waals surface area contributed by atoms with Crippen LogP contribution in [-0.2, 0) is 5.41 Å². The maximum Gasteiger partial charge on any atom is 0.152 e. The monoisotopic (exact) mass is 311 g/mol. The molecule has 1 N–H and O–H groups in total. The number of aromatic amines is 1. The molecule has 0 unspecified atom stereocenters. The summed E-state index contributed by atoms with van der Waals surface area (Å²) in [6, 6.07) is 13.9. The van der Waals surface area contributed by atoms with Crippen LogP contribution in [0.15, 0.2) is 42.5 Å². The van der Waals surface area contributed by atoms with Crippen LogP contribution in [-0.4, -0.2) is 11.3 Å². The Bertz CT molecular complexity index is 838. The summed E-state index contributed by atoms with van der Waals surface area (Å²) in [5.74, 6) is 0. The minimum absolute atomic E-state index is 0.107. The van der Waals surface area contributed by atoms with Gasteiger partial charge in [0.2, 0.25) is 0 Å². The molecule has 0 amide bonds. The summed E-state index contributed by atoms with van der Waals surface area (Å²) in [6.45, 7) is 6.55. The number of fused-ring (bicyclic) bond motifs is 1. The molecule has 2 aromatic carbocycles. The number of nitrogens with one attached hydrogen (secondary N) is 1. The third-order valence-electron chi connectivity index (χ3n) is 3.98. The zero-order valence-corrected chi connectivity index (χ0v) is 13.7. The molecule has 0 bridgehead atoms. The molecule has 0 saturated carbocycles. The van der Waals surface area contributed by atoms with Crippen molar-refractivity contribution in [1.29, 1.82) is 0 Å². The number of halogens is 1. The van der Waals surface area contributed by atoms with Gasteiger partial charge in [0.1, 0.15) is 0 Å². The largest absolute Gasteiger partial charge is 0.353 e. The topological polar surface area (TPSA) is 32.9 Å². The predicted octanol–water partition coefficient (Wildman–Crippen LogP) is 5.60. The van der Waals surface area contributed by atoms with Crippen LogP contribution in [0.5, 0.6) is 0 Å². The number of rotatable bonds is 2. The van der Waals surface area contributed by atoms with Gasteiger partial charge in [0, 0.05) is 10.9 Å². The Labute approximate surface area is 135 Å². The fourth-order valence-corrected chi connectivity index (χ4v) is 2.91. The Kier molecular flexibility index (Phi) is 3.57. The highest BCUT2D eigenvalue weighted by molar-refractivity contribution is 6.35. The van der Waals surface area contributed by atoms with Crippen molar-refractivity contribution in [2.45, 2.75) is 26.2 Å². The van der Waals surface area contributed by atoms with Crippen LogP contribution in [0, 0.1) is 0 Å². The lowest BCUT2D eigenvalue weighted by Crippen LogP contribution is -2.10. The van der Waals surface area contributed by atoms with Gasteiger partial charge in [-0.3, -0.25) is 4.79 Å². The van der Waals surface area contributed by atoms with Crippen molar-refractivity contribution in [3.05, 3.63) is 58.6 Å². The summed E-state index contributed by atoms with van der Waals surface area (Å²) in [6.07, 6.45) is 0.891. The molecule has 0 aliphatic carbocycles. The minimum atomic E-state index is 0.107. The van der Waals surface area contributed by atoms with Crippen LogP contribution in [0.4, 0.5) is 0 Å². The molecule has 0 aliphatic heterocycles. The van der Waals surface area contributed by atoms with E-state index in [-0.39, 0.29) is 5.41 Å². The van der Waals surface area contributed by atoms with Crippen molar-refractivity contribution in [1.82, 2.24) is 4.98 Å². The third-order valence-corrected chi connectivity index (χ3v) is 4.30. The van der Waals surface area contributed by atoms with Crippen molar-refractivity contribution in [2.75, 3.05) is 0 Å². The summed E-state index contributed by atoms with van der Waals surface area (Å²) in [7, 11) is 0. The van der Waals surface area contributed by atoms with Gasteiger partial charge < -0.3 is 4.98 Å². The summed E-state index contributed by atoms with van der Waals surface area (Å²) in [5, 5.41) is 1.48. The summed E-state index contributed by atoms with van der Waals surface area (Å²) in [4.78, 5) is 14.8. The molecule has 0 fully saturated rings. The van der Waals surface area contributed by atoms with Crippen LogP contribution in [0.2, 0.25) is 5.02 Å². The Balaban J connectivity index is 2.18. The van der Waals surface area contributed by atoms with Gasteiger partial charge in [-0.2, -0.15) is 0 Å². The number of aromatic nitrogens is 1. The highest BCUT2D eigenvalue weighted by atomic mass is 35.5. The van der Waals surface area contributed by atoms with E-state index in [0.717, 1.165) is 28.4 Å². The van der Waals surface area contributed by atoms with Crippen LogP contribution in [0.3, 0.4) is 0 Å². The first-order chi connectivity index (χ1) is 10.4. The Morgan fingerprint density at radius 2 is 1.73 bits per heavy atom. The maximum absolute atomic E-state index is 11.6. The van der Waals surface area contributed by atoms with Crippen molar-refractivity contribution in [3.63, 3.8) is 0 Å². The Hall–Kier alpha value is -2.06. The average molecular weight is 312 g/mol. The summed E-state index contributed by atoms with van der Waals surface area (Å²) < 4.78 is 0. The number of para-hydroxylation sites is 1. The molecule has 0 atom stereocenters. The van der Waals surface area contributed by atoms with Gasteiger partial charge in [-0.15, -0.1) is 0 Å². The number of H-pyrrole nitrogens is 1. The Morgan fingerprint density at radius 1 is 1.05 bits per heavy atom. The van der Waals surface area contributed by atoms with Crippen LogP contribution in [0.1, 0.15) is 36.7 Å². The van der Waals surface area contributed by atoms with E-state index in [1.54, 1.807) is 0 Å². The number of hydrogen-bond donors (Lipinski definition) is 1. The molecular formula is C19H18ClNO. The van der Waals surface area contributed by atoms with E-state index in [0.29, 0.717) is 10.6 Å². The first kappa shape index (κ1) is 14.9. The standard InChI is InChI=1S/C19H18ClNO/c1-19(2,3)13-9-7-12(8-10-13)17-15(11-22)14-5-4-6-16(20)18(14)21-17/h4-11,21H,1-3H3. The molecule has 22 heavy (non-hydrogen) atoms. The lowest BCUT2D eigenvalue weighted by atomic mass is 9.86. The third kappa shape index (κ3) is 2.44.